The van der Waals surface area contributed by atoms with Crippen LogP contribution in [0.5, 0.6) is 11.5 Å². The first-order valence-corrected chi connectivity index (χ1v) is 4.57. The van der Waals surface area contributed by atoms with Crippen LogP contribution in [0.15, 0.2) is 23.9 Å². The Hall–Kier alpha value is -2.57. The SMILES string of the molecule is O=C(O)C(=Cc1ccc2c(c1)OCO2)[N+](=O)[O-]. The average molecular weight is 237 g/mol. The van der Waals surface area contributed by atoms with Gasteiger partial charge in [0.15, 0.2) is 11.5 Å². The van der Waals surface area contributed by atoms with Gasteiger partial charge in [0.1, 0.15) is 0 Å². The van der Waals surface area contributed by atoms with Crippen molar-refractivity contribution in [1.29, 1.82) is 0 Å². The van der Waals surface area contributed by atoms with Gasteiger partial charge < -0.3 is 14.6 Å². The number of carboxylic acids is 1. The van der Waals surface area contributed by atoms with Crippen molar-refractivity contribution in [2.75, 3.05) is 6.79 Å². The standard InChI is InChI=1S/C10H7NO6/c12-10(13)7(11(14)15)3-6-1-2-8-9(4-6)17-5-16-8/h1-4H,5H2,(H,12,13). The Bertz CT molecular complexity index is 506. The topological polar surface area (TPSA) is 98.9 Å². The van der Waals surface area contributed by atoms with Crippen LogP contribution in [0.2, 0.25) is 0 Å². The van der Waals surface area contributed by atoms with Crippen LogP contribution in [0.25, 0.3) is 6.08 Å². The van der Waals surface area contributed by atoms with Crippen LogP contribution in [0.1, 0.15) is 5.56 Å². The van der Waals surface area contributed by atoms with Crippen LogP contribution in [0.3, 0.4) is 0 Å². The monoisotopic (exact) mass is 237 g/mol. The molecule has 88 valence electrons. The van der Waals surface area contributed by atoms with Crippen molar-refractivity contribution in [3.63, 3.8) is 0 Å². The summed E-state index contributed by atoms with van der Waals surface area (Å²) in [6.45, 7) is 0.0868. The highest BCUT2D eigenvalue weighted by atomic mass is 16.7. The van der Waals surface area contributed by atoms with Crippen molar-refractivity contribution >= 4 is 12.0 Å². The summed E-state index contributed by atoms with van der Waals surface area (Å²) < 4.78 is 10.1. The molecule has 0 unspecified atom stereocenters. The van der Waals surface area contributed by atoms with Crippen LogP contribution in [-0.2, 0) is 4.79 Å². The van der Waals surface area contributed by atoms with Gasteiger partial charge in [-0.2, -0.15) is 0 Å². The predicted octanol–water partition coefficient (Wildman–Crippen LogP) is 1.12. The highest BCUT2D eigenvalue weighted by Gasteiger charge is 2.21. The number of hydrogen-bond acceptors (Lipinski definition) is 5. The third kappa shape index (κ3) is 2.17. The first-order valence-electron chi connectivity index (χ1n) is 4.57. The second-order valence-corrected chi connectivity index (χ2v) is 3.20. The van der Waals surface area contributed by atoms with Gasteiger partial charge in [-0.25, -0.2) is 4.79 Å². The maximum Gasteiger partial charge on any atom is 0.407 e. The van der Waals surface area contributed by atoms with Gasteiger partial charge in [0, 0.05) is 6.08 Å². The predicted molar refractivity (Wildman–Crippen MR) is 55.2 cm³/mol. The highest BCUT2D eigenvalue weighted by Crippen LogP contribution is 2.33. The third-order valence-electron chi connectivity index (χ3n) is 2.12. The van der Waals surface area contributed by atoms with Crippen molar-refractivity contribution in [1.82, 2.24) is 0 Å². The molecule has 1 N–H and O–H groups in total. The number of ether oxygens (including phenoxy) is 2. The maximum atomic E-state index is 10.6. The van der Waals surface area contributed by atoms with E-state index in [-0.39, 0.29) is 6.79 Å². The molecule has 0 saturated heterocycles. The molecule has 0 aliphatic carbocycles. The van der Waals surface area contributed by atoms with E-state index in [0.717, 1.165) is 6.08 Å². The van der Waals surface area contributed by atoms with Crippen LogP contribution in [0, 0.1) is 10.1 Å². The molecule has 7 heteroatoms. The lowest BCUT2D eigenvalue weighted by atomic mass is 10.1. The third-order valence-corrected chi connectivity index (χ3v) is 2.12. The number of fused-ring (bicyclic) bond motifs is 1. The second kappa shape index (κ2) is 4.12. The number of rotatable bonds is 3. The number of aliphatic carboxylic acids is 1. The molecule has 0 saturated carbocycles. The van der Waals surface area contributed by atoms with Gasteiger partial charge in [-0.1, -0.05) is 6.07 Å². The summed E-state index contributed by atoms with van der Waals surface area (Å²) in [5.41, 5.74) is -0.535. The number of carboxylic acid groups (broad SMARTS) is 1. The van der Waals surface area contributed by atoms with E-state index >= 15 is 0 Å². The van der Waals surface area contributed by atoms with E-state index in [4.69, 9.17) is 14.6 Å². The number of hydrogen-bond donors (Lipinski definition) is 1. The van der Waals surface area contributed by atoms with E-state index in [9.17, 15) is 14.9 Å². The van der Waals surface area contributed by atoms with E-state index in [0.29, 0.717) is 17.1 Å². The zero-order valence-corrected chi connectivity index (χ0v) is 8.45. The molecule has 0 atom stereocenters. The van der Waals surface area contributed by atoms with Crippen LogP contribution in [0.4, 0.5) is 0 Å². The van der Waals surface area contributed by atoms with Crippen molar-refractivity contribution in [3.05, 3.63) is 39.6 Å². The molecular formula is C10H7NO6. The van der Waals surface area contributed by atoms with Crippen molar-refractivity contribution in [3.8, 4) is 11.5 Å². The minimum atomic E-state index is -1.59. The first kappa shape index (κ1) is 10.9. The van der Waals surface area contributed by atoms with Gasteiger partial charge in [0.05, 0.1) is 4.92 Å². The molecule has 1 aromatic carbocycles. The summed E-state index contributed by atoms with van der Waals surface area (Å²) >= 11 is 0. The Morgan fingerprint density at radius 1 is 1.41 bits per heavy atom. The molecule has 0 aromatic heterocycles. The van der Waals surface area contributed by atoms with Gasteiger partial charge in [-0.05, 0) is 17.7 Å². The van der Waals surface area contributed by atoms with Crippen LogP contribution >= 0.6 is 0 Å². The van der Waals surface area contributed by atoms with Gasteiger partial charge in [-0.15, -0.1) is 0 Å². The fraction of sp³-hybridized carbons (Fsp3) is 0.100. The number of carbonyl (C=O) groups is 1. The van der Waals surface area contributed by atoms with Gasteiger partial charge in [0.2, 0.25) is 6.79 Å². The molecule has 0 amide bonds. The normalized spacial score (nSPS) is 13.5. The zero-order valence-electron chi connectivity index (χ0n) is 8.45. The Morgan fingerprint density at radius 2 is 2.12 bits per heavy atom. The largest absolute Gasteiger partial charge is 0.473 e. The fourth-order valence-corrected chi connectivity index (χ4v) is 1.35. The number of nitrogens with zero attached hydrogens (tertiary/aromatic N) is 1. The van der Waals surface area contributed by atoms with Crippen LogP contribution in [-0.4, -0.2) is 22.8 Å². The molecule has 1 aliphatic heterocycles. The van der Waals surface area contributed by atoms with Gasteiger partial charge in [0.25, 0.3) is 0 Å². The number of benzene rings is 1. The van der Waals surface area contributed by atoms with Crippen LogP contribution < -0.4 is 9.47 Å². The van der Waals surface area contributed by atoms with Gasteiger partial charge in [-0.3, -0.25) is 10.1 Å². The fourth-order valence-electron chi connectivity index (χ4n) is 1.35. The average Bonchev–Trinajstić information content (AvgIpc) is 2.71. The molecule has 0 bridgehead atoms. The summed E-state index contributed by atoms with van der Waals surface area (Å²) in [6.07, 6.45) is 0.963. The molecule has 0 radical (unpaired) electrons. The quantitative estimate of drug-likeness (QED) is 0.480. The first-order chi connectivity index (χ1) is 8.08. The van der Waals surface area contributed by atoms with E-state index in [1.807, 2.05) is 0 Å². The smallest absolute Gasteiger partial charge is 0.407 e. The minimum absolute atomic E-state index is 0.0868. The molecule has 0 spiro atoms. The lowest BCUT2D eigenvalue weighted by molar-refractivity contribution is -0.419. The lowest BCUT2D eigenvalue weighted by Crippen LogP contribution is -2.09. The second-order valence-electron chi connectivity index (χ2n) is 3.20. The zero-order chi connectivity index (χ0) is 12.4. The molecule has 17 heavy (non-hydrogen) atoms. The van der Waals surface area contributed by atoms with E-state index in [1.54, 1.807) is 6.07 Å². The molecule has 7 nitrogen and oxygen atoms in total. The minimum Gasteiger partial charge on any atom is -0.473 e. The van der Waals surface area contributed by atoms with E-state index in [2.05, 4.69) is 0 Å². The Kier molecular flexibility index (Phi) is 2.65. The van der Waals surface area contributed by atoms with Crippen molar-refractivity contribution in [2.24, 2.45) is 0 Å². The van der Waals surface area contributed by atoms with E-state index < -0.39 is 16.6 Å². The number of nitro groups is 1. The molecule has 1 aliphatic rings. The van der Waals surface area contributed by atoms with Gasteiger partial charge >= 0.3 is 11.7 Å². The Morgan fingerprint density at radius 3 is 2.76 bits per heavy atom. The summed E-state index contributed by atoms with van der Waals surface area (Å²) in [7, 11) is 0. The molecule has 0 fully saturated rings. The molecule has 1 heterocycles. The Labute approximate surface area is 95.0 Å². The highest BCUT2D eigenvalue weighted by molar-refractivity contribution is 5.89. The van der Waals surface area contributed by atoms with E-state index in [1.165, 1.54) is 12.1 Å². The summed E-state index contributed by atoms with van der Waals surface area (Å²) in [5, 5.41) is 19.1. The molecule has 1 aromatic rings. The molecular weight excluding hydrogens is 230 g/mol. The lowest BCUT2D eigenvalue weighted by Gasteiger charge is -1.97. The molecule has 2 rings (SSSR count). The summed E-state index contributed by atoms with van der Waals surface area (Å²) in [6, 6.07) is 4.56. The van der Waals surface area contributed by atoms with Crippen molar-refractivity contribution in [2.45, 2.75) is 0 Å². The maximum absolute atomic E-state index is 10.6. The summed E-state index contributed by atoms with van der Waals surface area (Å²) in [5.74, 6) is -0.625. The van der Waals surface area contributed by atoms with Crippen molar-refractivity contribution < 1.29 is 24.3 Å². The summed E-state index contributed by atoms with van der Waals surface area (Å²) in [4.78, 5) is 20.1. The Balaban J connectivity index is 2.37.